The van der Waals surface area contributed by atoms with Crippen molar-refractivity contribution in [1.29, 1.82) is 0 Å². The van der Waals surface area contributed by atoms with Gasteiger partial charge in [0.15, 0.2) is 6.23 Å². The molecule has 0 aliphatic carbocycles. The van der Waals surface area contributed by atoms with E-state index >= 15 is 0 Å². The first-order chi connectivity index (χ1) is 19.3. The monoisotopic (exact) mass is 606 g/mol. The number of benzene rings is 1. The second-order valence-electron chi connectivity index (χ2n) is 12.3. The number of fused-ring (bicyclic) bond motifs is 1. The molecule has 0 saturated carbocycles. The molecule has 10 nitrogen and oxygen atoms in total. The number of aromatic nitrogens is 4. The summed E-state index contributed by atoms with van der Waals surface area (Å²) in [6.45, 7) is 14.0. The highest BCUT2D eigenvalue weighted by Crippen LogP contribution is 2.39. The summed E-state index contributed by atoms with van der Waals surface area (Å²) in [5.41, 5.74) is 2.90. The van der Waals surface area contributed by atoms with Gasteiger partial charge >= 0.3 is 0 Å². The highest BCUT2D eigenvalue weighted by molar-refractivity contribution is 7.85. The molecule has 4 rings (SSSR count). The first kappa shape index (κ1) is 31.7. The Morgan fingerprint density at radius 1 is 1.10 bits per heavy atom. The number of ether oxygens (including phenoxy) is 2. The average molecular weight is 607 g/mol. The minimum absolute atomic E-state index is 0.0693. The fourth-order valence-corrected chi connectivity index (χ4v) is 5.98. The summed E-state index contributed by atoms with van der Waals surface area (Å²) in [6.07, 6.45) is 10.4. The second-order valence-corrected chi connectivity index (χ2v) is 18.7. The van der Waals surface area contributed by atoms with Gasteiger partial charge in [-0.05, 0) is 74.9 Å². The molecule has 1 unspecified atom stereocenters. The molecule has 1 aliphatic rings. The number of hydrogen-bond acceptors (Lipinski definition) is 8. The lowest BCUT2D eigenvalue weighted by atomic mass is 10.1. The third-order valence-corrected chi connectivity index (χ3v) is 12.8. The molecule has 1 saturated heterocycles. The molecule has 0 bridgehead atoms. The van der Waals surface area contributed by atoms with Gasteiger partial charge in [0, 0.05) is 43.5 Å². The molecule has 3 heterocycles. The zero-order valence-corrected chi connectivity index (χ0v) is 27.2. The molecule has 0 radical (unpaired) electrons. The van der Waals surface area contributed by atoms with Crippen molar-refractivity contribution in [3.63, 3.8) is 0 Å². The fraction of sp³-hybridized carbons (Fsp3) is 0.655. The molecule has 3 aromatic rings. The lowest BCUT2D eigenvalue weighted by Gasteiger charge is -2.36. The number of aryl methyl sites for hydroxylation is 1. The quantitative estimate of drug-likeness (QED) is 0.122. The Morgan fingerprint density at radius 2 is 1.88 bits per heavy atom. The van der Waals surface area contributed by atoms with Crippen LogP contribution in [-0.4, -0.2) is 69.0 Å². The summed E-state index contributed by atoms with van der Waals surface area (Å²) >= 11 is 0. The molecule has 228 valence electrons. The van der Waals surface area contributed by atoms with Gasteiger partial charge in [-0.2, -0.15) is 18.6 Å². The van der Waals surface area contributed by atoms with E-state index in [1.54, 1.807) is 0 Å². The van der Waals surface area contributed by atoms with Gasteiger partial charge in [0.25, 0.3) is 10.1 Å². The van der Waals surface area contributed by atoms with Crippen LogP contribution < -0.4 is 4.43 Å². The highest BCUT2D eigenvalue weighted by Gasteiger charge is 2.39. The van der Waals surface area contributed by atoms with Gasteiger partial charge in [0.2, 0.25) is 8.32 Å². The zero-order valence-electron chi connectivity index (χ0n) is 25.4. The van der Waals surface area contributed by atoms with Crippen LogP contribution in [0.4, 0.5) is 0 Å². The normalized spacial score (nSPS) is 16.9. The Kier molecular flexibility index (Phi) is 10.3. The largest absolute Gasteiger partial charge is 0.543 e. The van der Waals surface area contributed by atoms with E-state index in [0.29, 0.717) is 19.6 Å². The predicted molar refractivity (Wildman–Crippen MR) is 163 cm³/mol. The van der Waals surface area contributed by atoms with Crippen molar-refractivity contribution in [3.05, 3.63) is 30.6 Å². The van der Waals surface area contributed by atoms with E-state index in [1.165, 1.54) is 0 Å². The molecule has 0 N–H and O–H groups in total. The Bertz CT molecular complexity index is 1390. The van der Waals surface area contributed by atoms with Gasteiger partial charge in [-0.3, -0.25) is 8.86 Å². The minimum Gasteiger partial charge on any atom is -0.543 e. The first-order valence-electron chi connectivity index (χ1n) is 14.6. The molecule has 12 heteroatoms. The fourth-order valence-electron chi connectivity index (χ4n) is 4.54. The Labute approximate surface area is 245 Å². The summed E-state index contributed by atoms with van der Waals surface area (Å²) in [4.78, 5) is 0. The topological polar surface area (TPSA) is 107 Å². The van der Waals surface area contributed by atoms with Gasteiger partial charge in [-0.1, -0.05) is 20.8 Å². The molecule has 0 spiro atoms. The Morgan fingerprint density at radius 3 is 2.59 bits per heavy atom. The van der Waals surface area contributed by atoms with Crippen LogP contribution in [0, 0.1) is 0 Å². The van der Waals surface area contributed by atoms with Gasteiger partial charge in [-0.15, -0.1) is 0 Å². The Balaban J connectivity index is 1.44. The van der Waals surface area contributed by atoms with Gasteiger partial charge < -0.3 is 13.9 Å². The lowest BCUT2D eigenvalue weighted by molar-refractivity contribution is -0.0365. The summed E-state index contributed by atoms with van der Waals surface area (Å²) in [6, 6.07) is 6.31. The van der Waals surface area contributed by atoms with Crippen LogP contribution in [0.5, 0.6) is 5.75 Å². The van der Waals surface area contributed by atoms with Crippen LogP contribution in [0.3, 0.4) is 0 Å². The van der Waals surface area contributed by atoms with E-state index in [1.807, 2.05) is 15.6 Å². The number of nitrogens with zero attached hydrogens (tertiary/aromatic N) is 4. The van der Waals surface area contributed by atoms with Crippen molar-refractivity contribution in [2.75, 3.05) is 32.7 Å². The van der Waals surface area contributed by atoms with E-state index < -0.39 is 18.4 Å². The van der Waals surface area contributed by atoms with Crippen molar-refractivity contribution in [3.8, 4) is 17.0 Å². The van der Waals surface area contributed by atoms with Crippen LogP contribution in [-0.2, 0) is 30.3 Å². The molecule has 1 atom stereocenters. The van der Waals surface area contributed by atoms with Gasteiger partial charge in [0.1, 0.15) is 11.4 Å². The number of rotatable bonds is 14. The molecule has 1 aromatic carbocycles. The Hall–Kier alpha value is -2.25. The van der Waals surface area contributed by atoms with Crippen molar-refractivity contribution >= 4 is 29.3 Å². The maximum absolute atomic E-state index is 11.0. The molecular weight excluding hydrogens is 560 g/mol. The van der Waals surface area contributed by atoms with Crippen LogP contribution in [0.2, 0.25) is 18.1 Å². The standard InChI is InChI=1S/C29H46N4O6SSi/c1-29(2,3)41(5,6)39-24-13-14-26-25(20-24)28(31-33(26)27-12-7-9-18-37-27)23-21-30-32(22-23)15-8-10-16-36-17-11-19-38-40(4,34)35/h13-14,20-22,27H,7-12,15-19H2,1-6H3. The lowest BCUT2D eigenvalue weighted by Crippen LogP contribution is -2.43. The number of unbranched alkanes of at least 4 members (excludes halogenated alkanes) is 1. The second kappa shape index (κ2) is 13.4. The van der Waals surface area contributed by atoms with Crippen molar-refractivity contribution in [2.24, 2.45) is 0 Å². The smallest absolute Gasteiger partial charge is 0.264 e. The maximum atomic E-state index is 11.0. The molecule has 1 fully saturated rings. The highest BCUT2D eigenvalue weighted by atomic mass is 32.2. The molecular formula is C29H46N4O6SSi. The zero-order chi connectivity index (χ0) is 29.7. The van der Waals surface area contributed by atoms with E-state index in [4.69, 9.17) is 23.2 Å². The summed E-state index contributed by atoms with van der Waals surface area (Å²) in [5, 5.41) is 10.8. The molecule has 2 aromatic heterocycles. The predicted octanol–water partition coefficient (Wildman–Crippen LogP) is 6.15. The minimum atomic E-state index is -3.39. The van der Waals surface area contributed by atoms with E-state index in [9.17, 15) is 8.42 Å². The van der Waals surface area contributed by atoms with Crippen LogP contribution in [0.25, 0.3) is 22.2 Å². The molecule has 41 heavy (non-hydrogen) atoms. The summed E-state index contributed by atoms with van der Waals surface area (Å²) < 4.78 is 49.0. The van der Waals surface area contributed by atoms with Crippen molar-refractivity contribution in [1.82, 2.24) is 19.6 Å². The van der Waals surface area contributed by atoms with Crippen molar-refractivity contribution < 1.29 is 26.5 Å². The van der Waals surface area contributed by atoms with Gasteiger partial charge in [0.05, 0.1) is 24.6 Å². The molecule has 1 aliphatic heterocycles. The third-order valence-electron chi connectivity index (χ3n) is 7.85. The third kappa shape index (κ3) is 8.63. The average Bonchev–Trinajstić information content (AvgIpc) is 3.51. The van der Waals surface area contributed by atoms with Crippen LogP contribution >= 0.6 is 0 Å². The number of hydrogen-bond donors (Lipinski definition) is 0. The van der Waals surface area contributed by atoms with Crippen LogP contribution in [0.15, 0.2) is 30.6 Å². The van der Waals surface area contributed by atoms with E-state index in [-0.39, 0.29) is 17.9 Å². The summed E-state index contributed by atoms with van der Waals surface area (Å²) in [5.74, 6) is 0.879. The first-order valence-corrected chi connectivity index (χ1v) is 19.3. The van der Waals surface area contributed by atoms with Gasteiger partial charge in [-0.25, -0.2) is 4.68 Å². The SMILES string of the molecule is CC(C)(C)[Si](C)(C)Oc1ccc2c(c1)c(-c1cnn(CCCCOCCCOS(C)(=O)=O)c1)nn2C1CCCCO1. The van der Waals surface area contributed by atoms with Crippen LogP contribution in [0.1, 0.15) is 65.5 Å². The van der Waals surface area contributed by atoms with E-state index in [0.717, 1.165) is 79.4 Å². The van der Waals surface area contributed by atoms with Crippen molar-refractivity contribution in [2.45, 2.75) is 90.2 Å². The maximum Gasteiger partial charge on any atom is 0.264 e. The van der Waals surface area contributed by atoms with E-state index in [2.05, 4.69) is 63.4 Å². The molecule has 0 amide bonds. The summed E-state index contributed by atoms with van der Waals surface area (Å²) in [7, 11) is -5.39.